The highest BCUT2D eigenvalue weighted by Gasteiger charge is 2.29. The first-order valence-corrected chi connectivity index (χ1v) is 9.01. The summed E-state index contributed by atoms with van der Waals surface area (Å²) in [7, 11) is 0. The summed E-state index contributed by atoms with van der Waals surface area (Å²) in [5.41, 5.74) is 2.14. The average Bonchev–Trinajstić information content (AvgIpc) is 2.51. The van der Waals surface area contributed by atoms with Gasteiger partial charge in [-0.2, -0.15) is 0 Å². The van der Waals surface area contributed by atoms with E-state index < -0.39 is 0 Å². The molecule has 0 radical (unpaired) electrons. The second-order valence-electron chi connectivity index (χ2n) is 6.71. The van der Waals surface area contributed by atoms with Gasteiger partial charge in [0.05, 0.1) is 0 Å². The molecular formula is C18H29ClN2O. The van der Waals surface area contributed by atoms with Crippen molar-refractivity contribution in [3.63, 3.8) is 0 Å². The standard InChI is InChI=1S/C18H29ClN2O/c1-4-15-10-20-11-17(16(15)8-7-14(3)19)18(22)21-9-5-6-13(2)12-21/h7-8,13-15,20H,4-6,9-12H2,1-3H3/b8-7-. The summed E-state index contributed by atoms with van der Waals surface area (Å²) in [6, 6.07) is 0. The van der Waals surface area contributed by atoms with Crippen molar-refractivity contribution < 1.29 is 4.79 Å². The van der Waals surface area contributed by atoms with Crippen LogP contribution in [0.4, 0.5) is 0 Å². The minimum absolute atomic E-state index is 0.00810. The molecule has 3 atom stereocenters. The van der Waals surface area contributed by atoms with E-state index in [4.69, 9.17) is 11.6 Å². The summed E-state index contributed by atoms with van der Waals surface area (Å²) in [6.45, 7) is 9.78. The zero-order valence-electron chi connectivity index (χ0n) is 14.1. The van der Waals surface area contributed by atoms with E-state index in [1.807, 2.05) is 17.9 Å². The van der Waals surface area contributed by atoms with E-state index in [9.17, 15) is 4.79 Å². The molecule has 2 heterocycles. The molecule has 0 aromatic rings. The highest BCUT2D eigenvalue weighted by molar-refractivity contribution is 6.21. The zero-order chi connectivity index (χ0) is 16.1. The summed E-state index contributed by atoms with van der Waals surface area (Å²) in [6.07, 6.45) is 7.48. The molecule has 124 valence electrons. The third-order valence-corrected chi connectivity index (χ3v) is 4.86. The molecule has 3 unspecified atom stereocenters. The molecule has 1 N–H and O–H groups in total. The van der Waals surface area contributed by atoms with Crippen LogP contribution in [0.2, 0.25) is 0 Å². The van der Waals surface area contributed by atoms with Gasteiger partial charge in [-0.15, -0.1) is 11.6 Å². The molecule has 0 spiro atoms. The summed E-state index contributed by atoms with van der Waals surface area (Å²) in [5, 5.41) is 3.40. The first-order chi connectivity index (χ1) is 10.5. The number of rotatable bonds is 4. The van der Waals surface area contributed by atoms with Gasteiger partial charge in [0.15, 0.2) is 0 Å². The summed E-state index contributed by atoms with van der Waals surface area (Å²) < 4.78 is 0. The fourth-order valence-corrected chi connectivity index (χ4v) is 3.50. The molecular weight excluding hydrogens is 296 g/mol. The topological polar surface area (TPSA) is 32.3 Å². The maximum atomic E-state index is 13.0. The first kappa shape index (κ1) is 17.6. The molecule has 1 fully saturated rings. The first-order valence-electron chi connectivity index (χ1n) is 8.58. The van der Waals surface area contributed by atoms with Crippen molar-refractivity contribution in [2.75, 3.05) is 26.2 Å². The van der Waals surface area contributed by atoms with Gasteiger partial charge in [-0.3, -0.25) is 4.79 Å². The van der Waals surface area contributed by atoms with Crippen molar-refractivity contribution in [3.8, 4) is 0 Å². The molecule has 3 nitrogen and oxygen atoms in total. The number of amides is 1. The number of carbonyl (C=O) groups is 1. The van der Waals surface area contributed by atoms with Crippen molar-refractivity contribution >= 4 is 17.5 Å². The molecule has 22 heavy (non-hydrogen) atoms. The van der Waals surface area contributed by atoms with Gasteiger partial charge in [-0.05, 0) is 43.6 Å². The number of piperidine rings is 1. The van der Waals surface area contributed by atoms with Crippen molar-refractivity contribution in [2.24, 2.45) is 11.8 Å². The number of nitrogens with zero attached hydrogens (tertiary/aromatic N) is 1. The zero-order valence-corrected chi connectivity index (χ0v) is 14.8. The number of halogens is 1. The van der Waals surface area contributed by atoms with Crippen LogP contribution in [0.1, 0.15) is 40.0 Å². The van der Waals surface area contributed by atoms with E-state index in [1.165, 1.54) is 12.0 Å². The summed E-state index contributed by atoms with van der Waals surface area (Å²) in [5.74, 6) is 1.24. The fraction of sp³-hybridized carbons (Fsp3) is 0.722. The lowest BCUT2D eigenvalue weighted by atomic mass is 9.87. The molecule has 0 aromatic carbocycles. The number of hydrogen-bond acceptors (Lipinski definition) is 2. The lowest BCUT2D eigenvalue weighted by Gasteiger charge is -2.34. The Morgan fingerprint density at radius 3 is 2.95 bits per heavy atom. The van der Waals surface area contributed by atoms with Crippen LogP contribution < -0.4 is 5.32 Å². The summed E-state index contributed by atoms with van der Waals surface area (Å²) in [4.78, 5) is 15.0. The van der Waals surface area contributed by atoms with Crippen molar-refractivity contribution in [1.29, 1.82) is 0 Å². The maximum Gasteiger partial charge on any atom is 0.251 e. The number of alkyl halides is 1. The molecule has 2 aliphatic heterocycles. The Morgan fingerprint density at radius 2 is 2.32 bits per heavy atom. The Hall–Kier alpha value is -0.800. The number of allylic oxidation sites excluding steroid dienone is 2. The smallest absolute Gasteiger partial charge is 0.251 e. The van der Waals surface area contributed by atoms with Crippen molar-refractivity contribution in [1.82, 2.24) is 10.2 Å². The van der Waals surface area contributed by atoms with Crippen LogP contribution >= 0.6 is 11.6 Å². The second-order valence-corrected chi connectivity index (χ2v) is 7.39. The highest BCUT2D eigenvalue weighted by atomic mass is 35.5. The van der Waals surface area contributed by atoms with Crippen molar-refractivity contribution in [3.05, 3.63) is 23.3 Å². The van der Waals surface area contributed by atoms with Crippen LogP contribution in [0, 0.1) is 11.8 Å². The fourth-order valence-electron chi connectivity index (χ4n) is 3.43. The van der Waals surface area contributed by atoms with Gasteiger partial charge in [0.1, 0.15) is 0 Å². The van der Waals surface area contributed by atoms with Crippen LogP contribution in [0.5, 0.6) is 0 Å². The third-order valence-electron chi connectivity index (χ3n) is 4.72. The normalized spacial score (nSPS) is 28.3. The molecule has 0 aromatic heterocycles. The van der Waals surface area contributed by atoms with E-state index in [-0.39, 0.29) is 11.3 Å². The molecule has 2 rings (SSSR count). The Morgan fingerprint density at radius 1 is 1.55 bits per heavy atom. The van der Waals surface area contributed by atoms with Gasteiger partial charge in [-0.25, -0.2) is 0 Å². The molecule has 0 saturated carbocycles. The van der Waals surface area contributed by atoms with Gasteiger partial charge in [0.2, 0.25) is 0 Å². The van der Waals surface area contributed by atoms with Crippen LogP contribution in [-0.2, 0) is 4.79 Å². The minimum atomic E-state index is -0.00810. The van der Waals surface area contributed by atoms with Gasteiger partial charge in [0.25, 0.3) is 5.91 Å². The van der Waals surface area contributed by atoms with Gasteiger partial charge in [0, 0.05) is 37.1 Å². The SMILES string of the molecule is CCC1CNCC(C(=O)N2CCCC(C)C2)=C1/C=C\C(C)Cl. The van der Waals surface area contributed by atoms with Gasteiger partial charge < -0.3 is 10.2 Å². The Balaban J connectivity index is 2.26. The largest absolute Gasteiger partial charge is 0.339 e. The van der Waals surface area contributed by atoms with E-state index in [0.717, 1.165) is 38.0 Å². The third kappa shape index (κ3) is 4.36. The van der Waals surface area contributed by atoms with E-state index >= 15 is 0 Å². The highest BCUT2D eigenvalue weighted by Crippen LogP contribution is 2.26. The molecule has 1 amide bonds. The van der Waals surface area contributed by atoms with E-state index in [2.05, 4.69) is 25.2 Å². The van der Waals surface area contributed by atoms with Gasteiger partial charge in [-0.1, -0.05) is 26.0 Å². The second kappa shape index (κ2) is 8.16. The molecule has 4 heteroatoms. The predicted molar refractivity (Wildman–Crippen MR) is 93.1 cm³/mol. The lowest BCUT2D eigenvalue weighted by molar-refractivity contribution is -0.129. The van der Waals surface area contributed by atoms with E-state index in [1.54, 1.807) is 0 Å². The molecule has 0 bridgehead atoms. The Labute approximate surface area is 139 Å². The molecule has 2 aliphatic rings. The predicted octanol–water partition coefficient (Wildman–Crippen LogP) is 3.35. The number of hydrogen-bond donors (Lipinski definition) is 1. The van der Waals surface area contributed by atoms with Crippen LogP contribution in [0.3, 0.4) is 0 Å². The number of nitrogens with one attached hydrogen (secondary N) is 1. The van der Waals surface area contributed by atoms with Crippen molar-refractivity contribution in [2.45, 2.75) is 45.4 Å². The Bertz CT molecular complexity index is 456. The maximum absolute atomic E-state index is 13.0. The van der Waals surface area contributed by atoms with Crippen LogP contribution in [-0.4, -0.2) is 42.4 Å². The van der Waals surface area contributed by atoms with Crippen LogP contribution in [0.15, 0.2) is 23.3 Å². The minimum Gasteiger partial charge on any atom is -0.339 e. The summed E-state index contributed by atoms with van der Waals surface area (Å²) >= 11 is 6.06. The quantitative estimate of drug-likeness (QED) is 0.804. The van der Waals surface area contributed by atoms with Gasteiger partial charge >= 0.3 is 0 Å². The van der Waals surface area contributed by atoms with Crippen LogP contribution in [0.25, 0.3) is 0 Å². The monoisotopic (exact) mass is 324 g/mol. The number of likely N-dealkylation sites (tertiary alicyclic amines) is 1. The Kier molecular flexibility index (Phi) is 6.51. The number of carbonyl (C=O) groups excluding carboxylic acids is 1. The van der Waals surface area contributed by atoms with E-state index in [0.29, 0.717) is 18.4 Å². The lowest BCUT2D eigenvalue weighted by Crippen LogP contribution is -2.44. The average molecular weight is 325 g/mol. The molecule has 0 aliphatic carbocycles. The molecule has 1 saturated heterocycles.